The molecular formula is C43H79NO12S. The monoisotopic (exact) mass is 834 g/mol. The smallest absolute Gasteiger partial charge is 0.394 e. The number of aliphatic hydroxyl groups is 5. The molecule has 0 spiro atoms. The zero-order valence-corrected chi connectivity index (χ0v) is 35.8. The molecule has 0 aromatic rings. The molecule has 7 N–H and O–H groups in total. The first-order valence-corrected chi connectivity index (χ1v) is 23.3. The lowest BCUT2D eigenvalue weighted by Gasteiger charge is -2.41. The van der Waals surface area contributed by atoms with Crippen molar-refractivity contribution in [1.82, 2.24) is 5.32 Å². The van der Waals surface area contributed by atoms with Crippen molar-refractivity contribution < 1.29 is 57.0 Å². The number of carbonyl (C=O) groups is 1. The average molecular weight is 834 g/mol. The van der Waals surface area contributed by atoms with Gasteiger partial charge in [-0.25, -0.2) is 4.18 Å². The van der Waals surface area contributed by atoms with E-state index in [-0.39, 0.29) is 6.42 Å². The van der Waals surface area contributed by atoms with Crippen molar-refractivity contribution >= 4 is 16.3 Å². The van der Waals surface area contributed by atoms with Crippen LogP contribution in [0.25, 0.3) is 0 Å². The summed E-state index contributed by atoms with van der Waals surface area (Å²) in [5.41, 5.74) is 0. The molecule has 8 atom stereocenters. The van der Waals surface area contributed by atoms with Crippen molar-refractivity contribution in [3.63, 3.8) is 0 Å². The maximum Gasteiger partial charge on any atom is 0.397 e. The number of carbonyl (C=O) groups excluding carboxylic acids is 1. The molecule has 1 aliphatic heterocycles. The van der Waals surface area contributed by atoms with Crippen LogP contribution in [-0.2, 0) is 28.9 Å². The summed E-state index contributed by atoms with van der Waals surface area (Å²) in [6, 6.07) is -1.14. The van der Waals surface area contributed by atoms with E-state index < -0.39 is 78.5 Å². The van der Waals surface area contributed by atoms with Crippen LogP contribution in [0, 0.1) is 0 Å². The Morgan fingerprint density at radius 3 is 1.68 bits per heavy atom. The van der Waals surface area contributed by atoms with E-state index in [2.05, 4.69) is 28.6 Å². The van der Waals surface area contributed by atoms with Gasteiger partial charge in [0.1, 0.15) is 30.5 Å². The van der Waals surface area contributed by atoms with E-state index in [0.717, 1.165) is 38.5 Å². The largest absolute Gasteiger partial charge is 0.397 e. The summed E-state index contributed by atoms with van der Waals surface area (Å²) in [7, 11) is -5.12. The van der Waals surface area contributed by atoms with Gasteiger partial charge < -0.3 is 40.3 Å². The molecular weight excluding hydrogens is 755 g/mol. The first-order valence-electron chi connectivity index (χ1n) is 21.9. The predicted molar refractivity (Wildman–Crippen MR) is 224 cm³/mol. The first kappa shape index (κ1) is 53.3. The summed E-state index contributed by atoms with van der Waals surface area (Å²) in [6.07, 6.45) is 27.0. The Balaban J connectivity index is 2.52. The summed E-state index contributed by atoms with van der Waals surface area (Å²) in [6.45, 7) is 2.94. The molecule has 0 aliphatic carbocycles. The number of hydrogen-bond donors (Lipinski definition) is 7. The van der Waals surface area contributed by atoms with Crippen molar-refractivity contribution in [3.05, 3.63) is 36.5 Å². The number of ether oxygens (including phenoxy) is 2. The average Bonchev–Trinajstić information content (AvgIpc) is 3.18. The fourth-order valence-electron chi connectivity index (χ4n) is 6.85. The third-order valence-corrected chi connectivity index (χ3v) is 10.8. The first-order chi connectivity index (χ1) is 27.4. The molecule has 334 valence electrons. The Hall–Kier alpha value is -1.72. The second-order valence-electron chi connectivity index (χ2n) is 15.4. The van der Waals surface area contributed by atoms with Crippen molar-refractivity contribution in [2.24, 2.45) is 0 Å². The second kappa shape index (κ2) is 34.0. The van der Waals surface area contributed by atoms with Crippen LogP contribution in [0.5, 0.6) is 0 Å². The van der Waals surface area contributed by atoms with Crippen molar-refractivity contribution in [3.8, 4) is 0 Å². The number of rotatable bonds is 36. The quantitative estimate of drug-likeness (QED) is 0.0195. The van der Waals surface area contributed by atoms with Crippen LogP contribution < -0.4 is 5.32 Å². The van der Waals surface area contributed by atoms with Crippen molar-refractivity contribution in [2.75, 3.05) is 13.2 Å². The van der Waals surface area contributed by atoms with Crippen LogP contribution in [0.3, 0.4) is 0 Å². The van der Waals surface area contributed by atoms with Gasteiger partial charge in [-0.15, -0.1) is 0 Å². The van der Waals surface area contributed by atoms with Gasteiger partial charge in [-0.3, -0.25) is 9.35 Å². The highest BCUT2D eigenvalue weighted by Crippen LogP contribution is 2.26. The molecule has 0 radical (unpaired) electrons. The molecule has 57 heavy (non-hydrogen) atoms. The Morgan fingerprint density at radius 2 is 1.21 bits per heavy atom. The summed E-state index contributed by atoms with van der Waals surface area (Å²) in [4.78, 5) is 13.0. The zero-order chi connectivity index (χ0) is 42.2. The van der Waals surface area contributed by atoms with Gasteiger partial charge in [0, 0.05) is 0 Å². The topological polar surface area (TPSA) is 212 Å². The van der Waals surface area contributed by atoms with Crippen LogP contribution in [0.4, 0.5) is 0 Å². The molecule has 1 aliphatic rings. The highest BCUT2D eigenvalue weighted by atomic mass is 32.3. The Morgan fingerprint density at radius 1 is 0.737 bits per heavy atom. The molecule has 1 saturated heterocycles. The Bertz CT molecular complexity index is 1180. The summed E-state index contributed by atoms with van der Waals surface area (Å²) in [5.74, 6) is -0.719. The highest BCUT2D eigenvalue weighted by molar-refractivity contribution is 7.80. The highest BCUT2D eigenvalue weighted by Gasteiger charge is 2.48. The van der Waals surface area contributed by atoms with Crippen LogP contribution in [0.15, 0.2) is 36.5 Å². The summed E-state index contributed by atoms with van der Waals surface area (Å²) < 4.78 is 47.3. The van der Waals surface area contributed by atoms with Gasteiger partial charge in [-0.05, 0) is 39.0 Å². The number of nitrogens with one attached hydrogen (secondary N) is 1. The molecule has 13 nitrogen and oxygen atoms in total. The van der Waals surface area contributed by atoms with E-state index in [1.807, 2.05) is 19.1 Å². The van der Waals surface area contributed by atoms with E-state index in [9.17, 15) is 38.7 Å². The lowest BCUT2D eigenvalue weighted by molar-refractivity contribution is -0.298. The van der Waals surface area contributed by atoms with E-state index in [4.69, 9.17) is 14.0 Å². The minimum absolute atomic E-state index is 0.236. The maximum absolute atomic E-state index is 13.0. The summed E-state index contributed by atoms with van der Waals surface area (Å²) in [5, 5.41) is 54.9. The van der Waals surface area contributed by atoms with Gasteiger partial charge in [-0.1, -0.05) is 165 Å². The molecule has 1 heterocycles. The van der Waals surface area contributed by atoms with Gasteiger partial charge in [0.05, 0.1) is 25.4 Å². The van der Waals surface area contributed by atoms with Crippen LogP contribution in [0.2, 0.25) is 0 Å². The minimum Gasteiger partial charge on any atom is -0.394 e. The van der Waals surface area contributed by atoms with Gasteiger partial charge in [0.2, 0.25) is 5.91 Å². The molecule has 14 heteroatoms. The van der Waals surface area contributed by atoms with Gasteiger partial charge in [0.25, 0.3) is 0 Å². The number of aliphatic hydroxyl groups excluding tert-OH is 5. The Labute approximate surface area is 344 Å². The number of amides is 1. The number of unbranched alkanes of at least 4 members (excludes halogenated alkanes) is 20. The standard InChI is InChI=1S/C43H79NO12S/c1-3-5-7-9-11-13-14-15-16-17-18-19-20-21-22-24-26-28-30-32-37(47)42(50)44-35(36(46)31-29-27-25-23-12-10-8-6-4-2)34-54-43-40(49)41(56-57(51,52)53)39(48)38(33-45)55-43/h4,6,12,23,29,31,35-41,43,45-49H,3,5,7-11,13-22,24-28,30,32-34H2,1-2H3,(H,44,50)(H,51,52,53)/b6-4+,23-12+,31-29+. The second-order valence-corrected chi connectivity index (χ2v) is 16.5. The number of allylic oxidation sites excluding steroid dienone is 5. The van der Waals surface area contributed by atoms with Crippen molar-refractivity contribution in [1.29, 1.82) is 0 Å². The molecule has 8 unspecified atom stereocenters. The third kappa shape index (κ3) is 26.9. The third-order valence-electron chi connectivity index (χ3n) is 10.4. The lowest BCUT2D eigenvalue weighted by atomic mass is 9.99. The van der Waals surface area contributed by atoms with E-state index >= 15 is 0 Å². The van der Waals surface area contributed by atoms with E-state index in [1.54, 1.807) is 6.08 Å². The molecule has 0 aromatic heterocycles. The molecule has 1 fully saturated rings. The van der Waals surface area contributed by atoms with Crippen LogP contribution in [0.1, 0.15) is 168 Å². The Kier molecular flexibility index (Phi) is 31.8. The van der Waals surface area contributed by atoms with Crippen LogP contribution >= 0.6 is 0 Å². The maximum atomic E-state index is 13.0. The molecule has 1 rings (SSSR count). The predicted octanol–water partition coefficient (Wildman–Crippen LogP) is 6.91. The van der Waals surface area contributed by atoms with E-state index in [1.165, 1.54) is 102 Å². The lowest BCUT2D eigenvalue weighted by Crippen LogP contribution is -2.61. The van der Waals surface area contributed by atoms with Gasteiger partial charge >= 0.3 is 10.4 Å². The normalized spacial score (nSPS) is 22.1. The SMILES string of the molecule is C/C=C/CC/C=C/CC/C=C/C(O)C(COC1OC(CO)C(O)C(OS(=O)(=O)O)C1O)NC(=O)C(O)CCCCCCCCCCCCCCCCCCCCC. The molecule has 1 amide bonds. The van der Waals surface area contributed by atoms with Gasteiger partial charge in [0.15, 0.2) is 6.29 Å². The fraction of sp³-hybridized carbons (Fsp3) is 0.837. The van der Waals surface area contributed by atoms with E-state index in [0.29, 0.717) is 12.8 Å². The summed E-state index contributed by atoms with van der Waals surface area (Å²) >= 11 is 0. The van der Waals surface area contributed by atoms with Crippen molar-refractivity contribution in [2.45, 2.75) is 217 Å². The number of hydrogen-bond acceptors (Lipinski definition) is 11. The fourth-order valence-corrected chi connectivity index (χ4v) is 7.36. The molecule has 0 saturated carbocycles. The zero-order valence-electron chi connectivity index (χ0n) is 35.0. The van der Waals surface area contributed by atoms with Gasteiger partial charge in [-0.2, -0.15) is 8.42 Å². The van der Waals surface area contributed by atoms with Crippen LogP contribution in [-0.4, -0.2) is 107 Å². The molecule has 0 aromatic carbocycles. The molecule has 0 bridgehead atoms. The minimum atomic E-state index is -5.12.